The van der Waals surface area contributed by atoms with Crippen LogP contribution in [0.2, 0.25) is 0 Å². The molecule has 180 valence electrons. The first-order valence-electron chi connectivity index (χ1n) is 11.0. The first kappa shape index (κ1) is 24.2. The van der Waals surface area contributed by atoms with E-state index in [1.165, 1.54) is 6.07 Å². The van der Waals surface area contributed by atoms with Crippen molar-refractivity contribution in [3.05, 3.63) is 71.3 Å². The summed E-state index contributed by atoms with van der Waals surface area (Å²) in [4.78, 5) is 22.7. The Labute approximate surface area is 201 Å². The number of benzene rings is 1. The maximum Gasteiger partial charge on any atom is 0.433 e. The number of aryl methyl sites for hydroxylation is 1. The lowest BCUT2D eigenvalue weighted by atomic mass is 10.00. The van der Waals surface area contributed by atoms with Crippen molar-refractivity contribution in [3.63, 3.8) is 0 Å². The summed E-state index contributed by atoms with van der Waals surface area (Å²) < 4.78 is 44.4. The number of nitrogens with one attached hydrogen (secondary N) is 1. The summed E-state index contributed by atoms with van der Waals surface area (Å²) in [6.45, 7) is 6.39. The molecule has 3 heterocycles. The van der Waals surface area contributed by atoms with E-state index in [0.717, 1.165) is 47.7 Å². The van der Waals surface area contributed by atoms with E-state index in [-0.39, 0.29) is 5.56 Å². The molecule has 0 bridgehead atoms. The molecule has 1 saturated heterocycles. The number of morpholine rings is 1. The van der Waals surface area contributed by atoms with Crippen molar-refractivity contribution in [2.45, 2.75) is 20.0 Å². The zero-order valence-corrected chi connectivity index (χ0v) is 19.2. The minimum absolute atomic E-state index is 0.131. The van der Waals surface area contributed by atoms with E-state index in [9.17, 15) is 18.0 Å². The molecule has 3 aromatic rings. The van der Waals surface area contributed by atoms with Crippen molar-refractivity contribution in [3.8, 4) is 23.0 Å². The van der Waals surface area contributed by atoms with Crippen LogP contribution in [0.25, 0.3) is 11.1 Å². The van der Waals surface area contributed by atoms with Crippen molar-refractivity contribution < 1.29 is 22.7 Å². The Bertz CT molecular complexity index is 1310. The van der Waals surface area contributed by atoms with Crippen LogP contribution in [0.4, 0.5) is 24.5 Å². The van der Waals surface area contributed by atoms with Crippen LogP contribution in [0.3, 0.4) is 0 Å². The molecule has 1 aromatic carbocycles. The third kappa shape index (κ3) is 5.61. The van der Waals surface area contributed by atoms with E-state index >= 15 is 0 Å². The van der Waals surface area contributed by atoms with E-state index in [0.29, 0.717) is 24.6 Å². The number of amides is 1. The van der Waals surface area contributed by atoms with E-state index in [1.54, 1.807) is 25.3 Å². The lowest BCUT2D eigenvalue weighted by Crippen LogP contribution is -2.36. The second-order valence-corrected chi connectivity index (χ2v) is 7.98. The number of hydrogen-bond donors (Lipinski definition) is 1. The highest BCUT2D eigenvalue weighted by atomic mass is 19.4. The largest absolute Gasteiger partial charge is 0.433 e. The predicted octanol–water partition coefficient (Wildman–Crippen LogP) is 4.93. The van der Waals surface area contributed by atoms with Crippen molar-refractivity contribution in [1.82, 2.24) is 9.97 Å². The van der Waals surface area contributed by atoms with Crippen LogP contribution in [0.15, 0.2) is 48.8 Å². The van der Waals surface area contributed by atoms with Crippen LogP contribution in [0.1, 0.15) is 34.2 Å². The van der Waals surface area contributed by atoms with Gasteiger partial charge in [0.05, 0.1) is 18.9 Å². The Morgan fingerprint density at radius 3 is 2.60 bits per heavy atom. The molecule has 1 amide bonds. The summed E-state index contributed by atoms with van der Waals surface area (Å²) in [5.74, 6) is 5.29. The summed E-state index contributed by atoms with van der Waals surface area (Å²) >= 11 is 0. The molecule has 2 aromatic heterocycles. The number of rotatable bonds is 4. The van der Waals surface area contributed by atoms with Crippen molar-refractivity contribution in [2.75, 3.05) is 36.5 Å². The third-order valence-corrected chi connectivity index (χ3v) is 5.58. The lowest BCUT2D eigenvalue weighted by Gasteiger charge is -2.29. The molecule has 4 rings (SSSR count). The fourth-order valence-electron chi connectivity index (χ4n) is 3.80. The van der Waals surface area contributed by atoms with Crippen LogP contribution in [0.5, 0.6) is 0 Å². The van der Waals surface area contributed by atoms with Crippen LogP contribution in [-0.4, -0.2) is 42.2 Å². The molecule has 1 fully saturated rings. The smallest absolute Gasteiger partial charge is 0.378 e. The summed E-state index contributed by atoms with van der Waals surface area (Å²) in [5, 5.41) is 2.68. The molecule has 1 aliphatic rings. The quantitative estimate of drug-likeness (QED) is 0.537. The maximum absolute atomic E-state index is 13.0. The second-order valence-electron chi connectivity index (χ2n) is 7.98. The molecule has 0 unspecified atom stereocenters. The molecule has 0 spiro atoms. The topological polar surface area (TPSA) is 67.4 Å². The predicted molar refractivity (Wildman–Crippen MR) is 127 cm³/mol. The minimum Gasteiger partial charge on any atom is -0.378 e. The molecule has 35 heavy (non-hydrogen) atoms. The monoisotopic (exact) mass is 480 g/mol. The summed E-state index contributed by atoms with van der Waals surface area (Å²) in [6, 6.07) is 9.32. The van der Waals surface area contributed by atoms with Gasteiger partial charge >= 0.3 is 6.18 Å². The fourth-order valence-corrected chi connectivity index (χ4v) is 3.80. The first-order valence-corrected chi connectivity index (χ1v) is 11.0. The zero-order valence-electron chi connectivity index (χ0n) is 19.2. The zero-order chi connectivity index (χ0) is 25.0. The molecule has 6 nitrogen and oxygen atoms in total. The van der Waals surface area contributed by atoms with E-state index < -0.39 is 17.8 Å². The highest BCUT2D eigenvalue weighted by Crippen LogP contribution is 2.32. The summed E-state index contributed by atoms with van der Waals surface area (Å²) in [5.41, 5.74) is 3.42. The summed E-state index contributed by atoms with van der Waals surface area (Å²) in [7, 11) is 0. The number of aromatic nitrogens is 2. The number of carbonyl (C=O) groups is 1. The Morgan fingerprint density at radius 1 is 1.11 bits per heavy atom. The molecule has 9 heteroatoms. The van der Waals surface area contributed by atoms with Crippen LogP contribution >= 0.6 is 0 Å². The number of nitrogens with zero attached hydrogens (tertiary/aromatic N) is 3. The number of hydrogen-bond acceptors (Lipinski definition) is 5. The van der Waals surface area contributed by atoms with Gasteiger partial charge in [0.15, 0.2) is 0 Å². The number of anilines is 2. The Morgan fingerprint density at radius 2 is 1.89 bits per heavy atom. The van der Waals surface area contributed by atoms with Crippen LogP contribution in [-0.2, 0) is 10.9 Å². The number of pyridine rings is 2. The van der Waals surface area contributed by atoms with Gasteiger partial charge in [-0.3, -0.25) is 9.78 Å². The highest BCUT2D eigenvalue weighted by Gasteiger charge is 2.33. The Balaban J connectivity index is 1.64. The van der Waals surface area contributed by atoms with E-state index in [1.807, 2.05) is 19.1 Å². The van der Waals surface area contributed by atoms with Gasteiger partial charge < -0.3 is 15.0 Å². The highest BCUT2D eigenvalue weighted by molar-refractivity contribution is 6.04. The first-order chi connectivity index (χ1) is 16.8. The molecule has 0 radical (unpaired) electrons. The van der Waals surface area contributed by atoms with Gasteiger partial charge in [0.1, 0.15) is 11.4 Å². The van der Waals surface area contributed by atoms with Crippen molar-refractivity contribution in [2.24, 2.45) is 0 Å². The fraction of sp³-hybridized carbons (Fsp3) is 0.269. The van der Waals surface area contributed by atoms with Gasteiger partial charge in [-0.1, -0.05) is 12.0 Å². The van der Waals surface area contributed by atoms with Gasteiger partial charge in [0, 0.05) is 42.3 Å². The minimum atomic E-state index is -4.63. The second kappa shape index (κ2) is 10.2. The van der Waals surface area contributed by atoms with Gasteiger partial charge in [-0.2, -0.15) is 13.2 Å². The standard InChI is InChI=1S/C26H23F3N4O2/c1-3-4-22-23(33-9-11-35-12-10-33)13-19(16-31-22)21-15-20(6-5-17(21)2)32-25(34)18-7-8-30-24(14-18)26(27,28)29/h5-8,13-16H,9-12H2,1-2H3,(H,32,34). The van der Waals surface area contributed by atoms with Crippen LogP contribution in [0, 0.1) is 18.8 Å². The molecule has 1 aliphatic heterocycles. The number of halogens is 3. The molecule has 1 N–H and O–H groups in total. The van der Waals surface area contributed by atoms with Gasteiger partial charge in [0.25, 0.3) is 5.91 Å². The van der Waals surface area contributed by atoms with Crippen molar-refractivity contribution in [1.29, 1.82) is 0 Å². The van der Waals surface area contributed by atoms with E-state index in [2.05, 4.69) is 32.0 Å². The molecule has 0 aliphatic carbocycles. The van der Waals surface area contributed by atoms with Crippen molar-refractivity contribution >= 4 is 17.3 Å². The third-order valence-electron chi connectivity index (χ3n) is 5.58. The number of carbonyl (C=O) groups excluding carboxylic acids is 1. The van der Waals surface area contributed by atoms with Gasteiger partial charge in [0.2, 0.25) is 0 Å². The van der Waals surface area contributed by atoms with Gasteiger partial charge in [-0.15, -0.1) is 0 Å². The average Bonchev–Trinajstić information content (AvgIpc) is 2.86. The average molecular weight is 480 g/mol. The molecular formula is C26H23F3N4O2. The molecule has 0 atom stereocenters. The SMILES string of the molecule is CC#Cc1ncc(-c2cc(NC(=O)c3ccnc(C(F)(F)F)c3)ccc2C)cc1N1CCOCC1. The molecular weight excluding hydrogens is 457 g/mol. The number of alkyl halides is 3. The van der Waals surface area contributed by atoms with Crippen LogP contribution < -0.4 is 10.2 Å². The van der Waals surface area contributed by atoms with E-state index in [4.69, 9.17) is 4.74 Å². The maximum atomic E-state index is 13.0. The normalized spacial score (nSPS) is 13.7. The Kier molecular flexibility index (Phi) is 7.03. The van der Waals surface area contributed by atoms with Gasteiger partial charge in [-0.25, -0.2) is 4.98 Å². The lowest BCUT2D eigenvalue weighted by molar-refractivity contribution is -0.141. The number of ether oxygens (including phenoxy) is 1. The van der Waals surface area contributed by atoms with Gasteiger partial charge in [-0.05, 0) is 61.2 Å². The summed E-state index contributed by atoms with van der Waals surface area (Å²) in [6.07, 6.45) is -1.93. The Hall–Kier alpha value is -3.90. The molecule has 0 saturated carbocycles.